The van der Waals surface area contributed by atoms with Crippen LogP contribution in [0.4, 0.5) is 0 Å². The summed E-state index contributed by atoms with van der Waals surface area (Å²) in [7, 11) is 1.97. The molecule has 27 heavy (non-hydrogen) atoms. The normalized spacial score (nSPS) is 17.2. The van der Waals surface area contributed by atoms with Crippen molar-refractivity contribution in [1.29, 1.82) is 0 Å². The van der Waals surface area contributed by atoms with Crippen LogP contribution in [0.2, 0.25) is 0 Å². The molecule has 0 aliphatic carbocycles. The molecule has 1 amide bonds. The number of aromatic hydroxyl groups is 1. The number of piperidine rings is 1. The molecule has 1 N–H and O–H groups in total. The van der Waals surface area contributed by atoms with Crippen molar-refractivity contribution in [2.45, 2.75) is 25.3 Å². The molecule has 8 heteroatoms. The molecular formula is C19H22N6O2. The zero-order valence-corrected chi connectivity index (χ0v) is 15.2. The highest BCUT2D eigenvalue weighted by Gasteiger charge is 2.29. The van der Waals surface area contributed by atoms with Crippen LogP contribution < -0.4 is 0 Å². The van der Waals surface area contributed by atoms with Gasteiger partial charge in [-0.25, -0.2) is 4.98 Å². The van der Waals surface area contributed by atoms with E-state index in [1.165, 1.54) is 6.07 Å². The van der Waals surface area contributed by atoms with E-state index >= 15 is 0 Å². The molecule has 0 unspecified atom stereocenters. The van der Waals surface area contributed by atoms with Gasteiger partial charge in [-0.3, -0.25) is 4.79 Å². The van der Waals surface area contributed by atoms with Crippen molar-refractivity contribution < 1.29 is 9.90 Å². The Balaban J connectivity index is 1.50. The molecule has 1 atom stereocenters. The fraction of sp³-hybridized carbons (Fsp3) is 0.368. The van der Waals surface area contributed by atoms with Crippen molar-refractivity contribution in [2.75, 3.05) is 13.1 Å². The van der Waals surface area contributed by atoms with Crippen molar-refractivity contribution in [3.63, 3.8) is 0 Å². The lowest BCUT2D eigenvalue weighted by Crippen LogP contribution is -2.39. The minimum absolute atomic E-state index is 0.0589. The maximum atomic E-state index is 12.8. The molecule has 0 spiro atoms. The summed E-state index contributed by atoms with van der Waals surface area (Å²) in [4.78, 5) is 18.7. The molecule has 1 fully saturated rings. The first-order valence-corrected chi connectivity index (χ1v) is 9.04. The molecule has 0 saturated carbocycles. The van der Waals surface area contributed by atoms with Gasteiger partial charge in [0.05, 0.1) is 12.9 Å². The molecule has 1 aliphatic heterocycles. The molecule has 0 bridgehead atoms. The number of nitrogens with zero attached hydrogens (tertiary/aromatic N) is 6. The quantitative estimate of drug-likeness (QED) is 0.760. The van der Waals surface area contributed by atoms with Crippen LogP contribution >= 0.6 is 0 Å². The lowest BCUT2D eigenvalue weighted by Gasteiger charge is -2.32. The van der Waals surface area contributed by atoms with Crippen LogP contribution in [0.1, 0.15) is 40.8 Å². The number of benzene rings is 1. The second-order valence-electron chi connectivity index (χ2n) is 6.91. The van der Waals surface area contributed by atoms with E-state index in [4.69, 9.17) is 0 Å². The lowest BCUT2D eigenvalue weighted by molar-refractivity contribution is 0.0703. The maximum absolute atomic E-state index is 12.8. The summed E-state index contributed by atoms with van der Waals surface area (Å²) in [5, 5.41) is 18.4. The van der Waals surface area contributed by atoms with Crippen LogP contribution in [0.5, 0.6) is 5.75 Å². The van der Waals surface area contributed by atoms with Gasteiger partial charge in [-0.05, 0) is 31.0 Å². The van der Waals surface area contributed by atoms with Gasteiger partial charge in [0.25, 0.3) is 5.91 Å². The fourth-order valence-electron chi connectivity index (χ4n) is 3.61. The van der Waals surface area contributed by atoms with Crippen LogP contribution in [0, 0.1) is 0 Å². The lowest BCUT2D eigenvalue weighted by atomic mass is 9.96. The standard InChI is InChI=1S/C19H22N6O2/c1-23-17(12-24-9-7-20-13-24)21-22-18(23)15-5-3-8-25(11-15)19(27)14-4-2-6-16(26)10-14/h2,4,6-7,9-10,13,15,26H,3,5,8,11-12H2,1H3/t15-/m1/s1. The van der Waals surface area contributed by atoms with E-state index in [1.807, 2.05) is 27.3 Å². The van der Waals surface area contributed by atoms with E-state index in [0.29, 0.717) is 25.2 Å². The molecule has 3 aromatic rings. The topological polar surface area (TPSA) is 89.1 Å². The van der Waals surface area contributed by atoms with E-state index in [9.17, 15) is 9.90 Å². The van der Waals surface area contributed by atoms with Crippen molar-refractivity contribution >= 4 is 5.91 Å². The molecular weight excluding hydrogens is 344 g/mol. The third-order valence-corrected chi connectivity index (χ3v) is 5.05. The molecule has 0 radical (unpaired) electrons. The SMILES string of the molecule is Cn1c(Cn2ccnc2)nnc1[C@@H]1CCCN(C(=O)c2cccc(O)c2)C1. The molecule has 2 aromatic heterocycles. The Morgan fingerprint density at radius 3 is 3.00 bits per heavy atom. The molecule has 1 saturated heterocycles. The number of likely N-dealkylation sites (tertiary alicyclic amines) is 1. The summed E-state index contributed by atoms with van der Waals surface area (Å²) in [6.07, 6.45) is 7.28. The Labute approximate surface area is 157 Å². The van der Waals surface area contributed by atoms with Gasteiger partial charge in [0.2, 0.25) is 0 Å². The Kier molecular flexibility index (Phi) is 4.62. The number of hydrogen-bond acceptors (Lipinski definition) is 5. The summed E-state index contributed by atoms with van der Waals surface area (Å²) >= 11 is 0. The van der Waals surface area contributed by atoms with Gasteiger partial charge < -0.3 is 19.1 Å². The first-order valence-electron chi connectivity index (χ1n) is 9.04. The van der Waals surface area contributed by atoms with Crippen LogP contribution in [0.25, 0.3) is 0 Å². The summed E-state index contributed by atoms with van der Waals surface area (Å²) < 4.78 is 3.97. The number of phenolic OH excluding ortho intramolecular Hbond substituents is 1. The highest BCUT2D eigenvalue weighted by molar-refractivity contribution is 5.94. The number of phenols is 1. The van der Waals surface area contributed by atoms with Crippen LogP contribution in [0.3, 0.4) is 0 Å². The Bertz CT molecular complexity index is 934. The predicted octanol–water partition coefficient (Wildman–Crippen LogP) is 1.79. The van der Waals surface area contributed by atoms with Gasteiger partial charge in [-0.2, -0.15) is 0 Å². The highest BCUT2D eigenvalue weighted by Crippen LogP contribution is 2.27. The van der Waals surface area contributed by atoms with Crippen molar-refractivity contribution in [2.24, 2.45) is 7.05 Å². The first kappa shape index (κ1) is 17.3. The molecule has 8 nitrogen and oxygen atoms in total. The van der Waals surface area contributed by atoms with E-state index < -0.39 is 0 Å². The van der Waals surface area contributed by atoms with Gasteiger partial charge >= 0.3 is 0 Å². The average Bonchev–Trinajstić information content (AvgIpc) is 3.32. The first-order chi connectivity index (χ1) is 13.1. The highest BCUT2D eigenvalue weighted by atomic mass is 16.3. The number of imidazole rings is 1. The summed E-state index contributed by atoms with van der Waals surface area (Å²) in [6.45, 7) is 1.93. The van der Waals surface area contributed by atoms with E-state index in [-0.39, 0.29) is 17.6 Å². The predicted molar refractivity (Wildman–Crippen MR) is 98.3 cm³/mol. The second-order valence-corrected chi connectivity index (χ2v) is 6.91. The van der Waals surface area contributed by atoms with Gasteiger partial charge in [0.1, 0.15) is 11.6 Å². The minimum atomic E-state index is -0.0589. The Hall–Kier alpha value is -3.16. The van der Waals surface area contributed by atoms with Gasteiger partial charge in [0.15, 0.2) is 5.82 Å². The number of carbonyl (C=O) groups excluding carboxylic acids is 1. The zero-order valence-electron chi connectivity index (χ0n) is 15.2. The maximum Gasteiger partial charge on any atom is 0.254 e. The number of rotatable bonds is 4. The Morgan fingerprint density at radius 1 is 1.33 bits per heavy atom. The average molecular weight is 366 g/mol. The number of carbonyl (C=O) groups is 1. The zero-order chi connectivity index (χ0) is 18.8. The number of hydrogen-bond donors (Lipinski definition) is 1. The van der Waals surface area contributed by atoms with Crippen LogP contribution in [0.15, 0.2) is 43.0 Å². The number of aromatic nitrogens is 5. The second kappa shape index (κ2) is 7.22. The Morgan fingerprint density at radius 2 is 2.22 bits per heavy atom. The van der Waals surface area contributed by atoms with Gasteiger partial charge in [-0.1, -0.05) is 6.07 Å². The smallest absolute Gasteiger partial charge is 0.254 e. The third kappa shape index (κ3) is 3.55. The summed E-state index contributed by atoms with van der Waals surface area (Å²) in [5.74, 6) is 1.95. The van der Waals surface area contributed by atoms with E-state index in [1.54, 1.807) is 30.7 Å². The fourth-order valence-corrected chi connectivity index (χ4v) is 3.61. The molecule has 1 aliphatic rings. The molecule has 140 valence electrons. The summed E-state index contributed by atoms with van der Waals surface area (Å²) in [5.41, 5.74) is 0.509. The van der Waals surface area contributed by atoms with Crippen molar-refractivity contribution in [1.82, 2.24) is 29.2 Å². The van der Waals surface area contributed by atoms with Crippen LogP contribution in [-0.4, -0.2) is 53.3 Å². The largest absolute Gasteiger partial charge is 0.508 e. The molecule has 3 heterocycles. The van der Waals surface area contributed by atoms with Crippen molar-refractivity contribution in [3.05, 3.63) is 60.2 Å². The van der Waals surface area contributed by atoms with Crippen molar-refractivity contribution in [3.8, 4) is 5.75 Å². The third-order valence-electron chi connectivity index (χ3n) is 5.05. The van der Waals surface area contributed by atoms with Gasteiger partial charge in [-0.15, -0.1) is 10.2 Å². The van der Waals surface area contributed by atoms with E-state index in [0.717, 1.165) is 24.5 Å². The van der Waals surface area contributed by atoms with Crippen LogP contribution in [-0.2, 0) is 13.6 Å². The monoisotopic (exact) mass is 366 g/mol. The number of amides is 1. The summed E-state index contributed by atoms with van der Waals surface area (Å²) in [6, 6.07) is 6.50. The molecule has 1 aromatic carbocycles. The van der Waals surface area contributed by atoms with Gasteiger partial charge in [0, 0.05) is 44.0 Å². The minimum Gasteiger partial charge on any atom is -0.508 e. The van der Waals surface area contributed by atoms with E-state index in [2.05, 4.69) is 15.2 Å². The molecule has 4 rings (SSSR count).